The van der Waals surface area contributed by atoms with E-state index in [1.807, 2.05) is 18.5 Å². The van der Waals surface area contributed by atoms with Crippen molar-refractivity contribution in [1.29, 1.82) is 0 Å². The van der Waals surface area contributed by atoms with Gasteiger partial charge < -0.3 is 25.3 Å². The van der Waals surface area contributed by atoms with Gasteiger partial charge in [0.1, 0.15) is 21.9 Å². The minimum atomic E-state index is -0.820. The minimum absolute atomic E-state index is 0.175. The molecule has 5 aromatic rings. The molecular weight excluding hydrogens is 550 g/mol. The Bertz CT molecular complexity index is 1680. The van der Waals surface area contributed by atoms with Crippen molar-refractivity contribution < 1.29 is 5.11 Å². The van der Waals surface area contributed by atoms with Gasteiger partial charge in [-0.15, -0.1) is 11.3 Å². The van der Waals surface area contributed by atoms with Gasteiger partial charge in [-0.1, -0.05) is 23.7 Å². The van der Waals surface area contributed by atoms with E-state index in [0.29, 0.717) is 44.8 Å². The van der Waals surface area contributed by atoms with E-state index in [2.05, 4.69) is 30.1 Å². The lowest BCUT2D eigenvalue weighted by molar-refractivity contribution is 0.191. The number of aromatic amines is 2. The average molecular weight is 578 g/mol. The van der Waals surface area contributed by atoms with Gasteiger partial charge in [0.05, 0.1) is 24.0 Å². The Morgan fingerprint density at radius 2 is 2.02 bits per heavy atom. The monoisotopic (exact) mass is 577 g/mol. The van der Waals surface area contributed by atoms with Gasteiger partial charge in [0.25, 0.3) is 5.56 Å². The third-order valence-electron chi connectivity index (χ3n) is 6.93. The summed E-state index contributed by atoms with van der Waals surface area (Å²) in [6, 6.07) is 8.79. The van der Waals surface area contributed by atoms with E-state index in [0.717, 1.165) is 43.4 Å². The van der Waals surface area contributed by atoms with Crippen LogP contribution in [0.1, 0.15) is 22.4 Å². The van der Waals surface area contributed by atoms with Crippen LogP contribution in [0.5, 0.6) is 0 Å². The van der Waals surface area contributed by atoms with E-state index in [1.165, 1.54) is 0 Å². The summed E-state index contributed by atoms with van der Waals surface area (Å²) in [6.07, 6.45) is 2.58. The predicted octanol–water partition coefficient (Wildman–Crippen LogP) is 3.59. The molecule has 0 aliphatic carbocycles. The number of piperazine rings is 1. The van der Waals surface area contributed by atoms with Gasteiger partial charge in [-0.2, -0.15) is 4.98 Å². The Labute approximate surface area is 238 Å². The molecule has 4 aromatic heterocycles. The number of aryl methyl sites for hydroxylation is 1. The van der Waals surface area contributed by atoms with E-state index in [4.69, 9.17) is 26.6 Å². The zero-order chi connectivity index (χ0) is 27.6. The summed E-state index contributed by atoms with van der Waals surface area (Å²) in [5, 5.41) is 17.5. The third kappa shape index (κ3) is 5.56. The fraction of sp³-hybridized carbons (Fsp3) is 0.296. The lowest BCUT2D eigenvalue weighted by Crippen LogP contribution is -2.46. The van der Waals surface area contributed by atoms with Crippen LogP contribution in [0.15, 0.2) is 52.9 Å². The molecule has 1 fully saturated rings. The minimum Gasteiger partial charge on any atom is -0.387 e. The van der Waals surface area contributed by atoms with Crippen LogP contribution in [0.2, 0.25) is 5.02 Å². The number of H-pyrrole nitrogens is 2. The third-order valence-corrected chi connectivity index (χ3v) is 7.93. The van der Waals surface area contributed by atoms with Crippen molar-refractivity contribution in [2.24, 2.45) is 0 Å². The number of halogens is 1. The normalized spacial score (nSPS) is 15.0. The predicted molar refractivity (Wildman–Crippen MR) is 157 cm³/mol. The van der Waals surface area contributed by atoms with E-state index < -0.39 is 6.10 Å². The lowest BCUT2D eigenvalue weighted by Gasteiger charge is -2.34. The number of nitrogens with zero attached hydrogens (tertiary/aromatic N) is 6. The van der Waals surface area contributed by atoms with Gasteiger partial charge >= 0.3 is 0 Å². The summed E-state index contributed by atoms with van der Waals surface area (Å²) < 4.78 is 0. The molecule has 1 aromatic carbocycles. The maximum Gasteiger partial charge on any atom is 0.261 e. The smallest absolute Gasteiger partial charge is 0.261 e. The number of aliphatic hydroxyl groups is 1. The molecule has 1 aliphatic heterocycles. The Morgan fingerprint density at radius 3 is 2.80 bits per heavy atom. The Balaban J connectivity index is 1.21. The quantitative estimate of drug-likeness (QED) is 0.218. The number of pyridine rings is 1. The number of aliphatic hydroxyl groups excluding tert-OH is 1. The van der Waals surface area contributed by atoms with Crippen molar-refractivity contribution in [2.75, 3.05) is 42.9 Å². The first-order valence-corrected chi connectivity index (χ1v) is 14.2. The Morgan fingerprint density at radius 1 is 1.18 bits per heavy atom. The molecule has 40 heavy (non-hydrogen) atoms. The topological polar surface area (TPSA) is 139 Å². The summed E-state index contributed by atoms with van der Waals surface area (Å²) in [6.45, 7) is 6.32. The summed E-state index contributed by atoms with van der Waals surface area (Å²) >= 11 is 7.74. The number of hydrogen-bond acceptors (Lipinski definition) is 10. The summed E-state index contributed by atoms with van der Waals surface area (Å²) in [4.78, 5) is 42.0. The molecule has 206 valence electrons. The molecule has 4 N–H and O–H groups in total. The Hall–Kier alpha value is -3.84. The first-order valence-electron chi connectivity index (χ1n) is 12.9. The number of anilines is 2. The fourth-order valence-corrected chi connectivity index (χ4v) is 5.67. The Kier molecular flexibility index (Phi) is 7.48. The summed E-state index contributed by atoms with van der Waals surface area (Å²) in [7, 11) is 0. The molecular formula is C27H28ClN9O2S. The molecule has 1 aliphatic rings. The second kappa shape index (κ2) is 11.3. The van der Waals surface area contributed by atoms with Gasteiger partial charge in [-0.25, -0.2) is 15.0 Å². The maximum atomic E-state index is 12.9. The van der Waals surface area contributed by atoms with Gasteiger partial charge in [0.2, 0.25) is 5.95 Å². The molecule has 6 rings (SSSR count). The molecule has 0 radical (unpaired) electrons. The number of hydrogen-bond donors (Lipinski definition) is 4. The molecule has 0 amide bonds. The van der Waals surface area contributed by atoms with Crippen LogP contribution in [0.4, 0.5) is 11.6 Å². The number of aromatic nitrogens is 6. The van der Waals surface area contributed by atoms with Crippen molar-refractivity contribution in [3.63, 3.8) is 0 Å². The number of imidazole rings is 1. The number of rotatable bonds is 8. The summed E-state index contributed by atoms with van der Waals surface area (Å²) in [5.41, 5.74) is 3.15. The van der Waals surface area contributed by atoms with Crippen molar-refractivity contribution >= 4 is 45.7 Å². The van der Waals surface area contributed by atoms with E-state index in [-0.39, 0.29) is 12.1 Å². The number of fused-ring (bicyclic) bond motifs is 1. The van der Waals surface area contributed by atoms with Crippen LogP contribution in [0, 0.1) is 6.92 Å². The van der Waals surface area contributed by atoms with Crippen LogP contribution in [-0.4, -0.2) is 72.6 Å². The zero-order valence-electron chi connectivity index (χ0n) is 21.8. The number of nitrogens with one attached hydrogen (secondary N) is 3. The lowest BCUT2D eigenvalue weighted by atomic mass is 10.1. The van der Waals surface area contributed by atoms with Gasteiger partial charge in [0, 0.05) is 55.5 Å². The molecule has 13 heteroatoms. The van der Waals surface area contributed by atoms with Crippen molar-refractivity contribution in [2.45, 2.75) is 19.6 Å². The van der Waals surface area contributed by atoms with Crippen molar-refractivity contribution in [1.82, 2.24) is 34.8 Å². The highest BCUT2D eigenvalue weighted by Gasteiger charge is 2.23. The van der Waals surface area contributed by atoms with E-state index in [1.54, 1.807) is 47.9 Å². The molecule has 1 saturated heterocycles. The second-order valence-corrected chi connectivity index (χ2v) is 11.0. The van der Waals surface area contributed by atoms with Crippen LogP contribution in [0.3, 0.4) is 0 Å². The highest BCUT2D eigenvalue weighted by atomic mass is 35.5. The van der Waals surface area contributed by atoms with Crippen LogP contribution in [0.25, 0.3) is 22.6 Å². The van der Waals surface area contributed by atoms with Crippen LogP contribution >= 0.6 is 22.9 Å². The highest BCUT2D eigenvalue weighted by molar-refractivity contribution is 7.09. The average Bonchev–Trinajstić information content (AvgIpc) is 3.62. The van der Waals surface area contributed by atoms with Gasteiger partial charge in [-0.3, -0.25) is 9.69 Å². The summed E-state index contributed by atoms with van der Waals surface area (Å²) in [5.74, 6) is 1.00. The van der Waals surface area contributed by atoms with Crippen LogP contribution in [-0.2, 0) is 6.54 Å². The molecule has 0 saturated carbocycles. The highest BCUT2D eigenvalue weighted by Crippen LogP contribution is 2.27. The number of thiazole rings is 1. The molecule has 1 atom stereocenters. The first kappa shape index (κ1) is 26.4. The molecule has 0 spiro atoms. The van der Waals surface area contributed by atoms with Gasteiger partial charge in [-0.05, 0) is 30.7 Å². The molecule has 0 unspecified atom stereocenters. The number of benzene rings is 1. The van der Waals surface area contributed by atoms with Gasteiger partial charge in [0.15, 0.2) is 5.65 Å². The van der Waals surface area contributed by atoms with Crippen molar-refractivity contribution in [3.05, 3.63) is 79.7 Å². The maximum absolute atomic E-state index is 12.9. The molecule has 11 nitrogen and oxygen atoms in total. The standard InChI is InChI=1S/C27H28ClN9O2S/c1-16-23-25(35-27(32-16)37-10-8-36(9-11-37)15-21-29-7-12-40-21)34-24(33-23)22-19(5-6-30-26(22)39)31-14-20(38)17-3-2-4-18(28)13-17/h2-7,12-13,20,38H,8-11,14-15H2,1H3,(H2,30,31,39)(H,32,33,34,35)/t20-/m0/s1. The van der Waals surface area contributed by atoms with E-state index >= 15 is 0 Å². The van der Waals surface area contributed by atoms with Crippen LogP contribution < -0.4 is 15.8 Å². The second-order valence-electron chi connectivity index (χ2n) is 9.63. The van der Waals surface area contributed by atoms with Crippen molar-refractivity contribution in [3.8, 4) is 11.4 Å². The first-order chi connectivity index (χ1) is 19.4. The largest absolute Gasteiger partial charge is 0.387 e. The SMILES string of the molecule is Cc1nc(N2CCN(Cc3nccs3)CC2)nc2nc(-c3c(NC[C@H](O)c4cccc(Cl)c4)cc[nH]c3=O)[nH]c12. The molecule has 0 bridgehead atoms. The zero-order valence-corrected chi connectivity index (χ0v) is 23.3. The van der Waals surface area contributed by atoms with E-state index in [9.17, 15) is 9.90 Å². The molecule has 5 heterocycles. The fourth-order valence-electron chi connectivity index (χ4n) is 4.81.